The third kappa shape index (κ3) is 3.53. The topological polar surface area (TPSA) is 25.2 Å². The number of nitrogens with one attached hydrogen (secondary N) is 1. The SMILES string of the molecule is C=C(CC)CC(NCCC)c1oc2ccc(F)cc2c1C. The van der Waals surface area contributed by atoms with E-state index in [4.69, 9.17) is 4.42 Å². The number of halogens is 1. The van der Waals surface area contributed by atoms with Gasteiger partial charge in [-0.05, 0) is 50.9 Å². The molecule has 0 aliphatic rings. The molecule has 0 spiro atoms. The first-order chi connectivity index (χ1) is 10.1. The van der Waals surface area contributed by atoms with Crippen LogP contribution in [0.3, 0.4) is 0 Å². The number of aryl methyl sites for hydroxylation is 1. The summed E-state index contributed by atoms with van der Waals surface area (Å²) in [6.45, 7) is 11.3. The fraction of sp³-hybridized carbons (Fsp3) is 0.444. The van der Waals surface area contributed by atoms with Crippen LogP contribution in [0.15, 0.2) is 34.8 Å². The average molecular weight is 289 g/mol. The summed E-state index contributed by atoms with van der Waals surface area (Å²) in [6, 6.07) is 4.79. The predicted molar refractivity (Wildman–Crippen MR) is 86.0 cm³/mol. The van der Waals surface area contributed by atoms with E-state index in [2.05, 4.69) is 25.7 Å². The normalized spacial score (nSPS) is 12.8. The lowest BCUT2D eigenvalue weighted by atomic mass is 10.00. The van der Waals surface area contributed by atoms with Gasteiger partial charge in [-0.1, -0.05) is 26.0 Å². The Morgan fingerprint density at radius 1 is 1.38 bits per heavy atom. The minimum atomic E-state index is -0.228. The van der Waals surface area contributed by atoms with E-state index in [0.717, 1.165) is 48.1 Å². The molecule has 1 atom stereocenters. The molecule has 0 fully saturated rings. The van der Waals surface area contributed by atoms with Crippen LogP contribution in [0.25, 0.3) is 11.0 Å². The van der Waals surface area contributed by atoms with Crippen molar-refractivity contribution in [3.8, 4) is 0 Å². The number of hydrogen-bond acceptors (Lipinski definition) is 2. The molecule has 0 bridgehead atoms. The molecule has 0 aliphatic carbocycles. The highest BCUT2D eigenvalue weighted by molar-refractivity contribution is 5.82. The van der Waals surface area contributed by atoms with Crippen LogP contribution in [0, 0.1) is 12.7 Å². The molecular formula is C18H24FNO. The molecule has 1 heterocycles. The highest BCUT2D eigenvalue weighted by Gasteiger charge is 2.20. The molecule has 3 heteroatoms. The Balaban J connectivity index is 2.38. The highest BCUT2D eigenvalue weighted by Crippen LogP contribution is 2.32. The zero-order valence-corrected chi connectivity index (χ0v) is 13.1. The van der Waals surface area contributed by atoms with Crippen LogP contribution in [-0.4, -0.2) is 6.54 Å². The predicted octanol–water partition coefficient (Wildman–Crippen LogP) is 5.28. The lowest BCUT2D eigenvalue weighted by molar-refractivity contribution is 0.422. The van der Waals surface area contributed by atoms with Gasteiger partial charge in [-0.25, -0.2) is 4.39 Å². The van der Waals surface area contributed by atoms with Crippen molar-refractivity contribution in [3.63, 3.8) is 0 Å². The number of hydrogen-bond donors (Lipinski definition) is 1. The van der Waals surface area contributed by atoms with Gasteiger partial charge in [0.1, 0.15) is 17.2 Å². The second-order valence-electron chi connectivity index (χ2n) is 5.55. The zero-order chi connectivity index (χ0) is 15.4. The van der Waals surface area contributed by atoms with E-state index in [9.17, 15) is 4.39 Å². The molecule has 1 aromatic heterocycles. The van der Waals surface area contributed by atoms with Gasteiger partial charge in [0, 0.05) is 10.9 Å². The van der Waals surface area contributed by atoms with E-state index in [1.54, 1.807) is 12.1 Å². The second kappa shape index (κ2) is 6.90. The van der Waals surface area contributed by atoms with Gasteiger partial charge in [-0.2, -0.15) is 0 Å². The van der Waals surface area contributed by atoms with E-state index in [-0.39, 0.29) is 11.9 Å². The van der Waals surface area contributed by atoms with Crippen molar-refractivity contribution in [2.24, 2.45) is 0 Å². The lowest BCUT2D eigenvalue weighted by Gasteiger charge is -2.18. The van der Waals surface area contributed by atoms with Crippen LogP contribution in [-0.2, 0) is 0 Å². The first kappa shape index (κ1) is 15.8. The Bertz CT molecular complexity index is 629. The smallest absolute Gasteiger partial charge is 0.134 e. The number of furan rings is 1. The molecule has 21 heavy (non-hydrogen) atoms. The van der Waals surface area contributed by atoms with Crippen LogP contribution >= 0.6 is 0 Å². The van der Waals surface area contributed by atoms with Crippen molar-refractivity contribution in [1.29, 1.82) is 0 Å². The van der Waals surface area contributed by atoms with Crippen LogP contribution in [0.1, 0.15) is 50.5 Å². The summed E-state index contributed by atoms with van der Waals surface area (Å²) >= 11 is 0. The van der Waals surface area contributed by atoms with Crippen LogP contribution in [0.2, 0.25) is 0 Å². The molecule has 0 amide bonds. The number of rotatable bonds is 7. The van der Waals surface area contributed by atoms with Gasteiger partial charge in [0.2, 0.25) is 0 Å². The van der Waals surface area contributed by atoms with Crippen molar-refractivity contribution in [2.45, 2.75) is 46.1 Å². The van der Waals surface area contributed by atoms with E-state index in [1.165, 1.54) is 11.6 Å². The Morgan fingerprint density at radius 3 is 2.81 bits per heavy atom. The van der Waals surface area contributed by atoms with Crippen LogP contribution in [0.4, 0.5) is 4.39 Å². The summed E-state index contributed by atoms with van der Waals surface area (Å²) in [5.41, 5.74) is 2.95. The summed E-state index contributed by atoms with van der Waals surface area (Å²) < 4.78 is 19.4. The standard InChI is InChI=1S/C18H24FNO/c1-5-9-20-16(10-12(3)6-2)18-13(4)15-11-14(19)7-8-17(15)21-18/h7-8,11,16,20H,3,5-6,9-10H2,1-2,4H3. The van der Waals surface area contributed by atoms with E-state index in [0.29, 0.717) is 0 Å². The maximum Gasteiger partial charge on any atom is 0.134 e. The van der Waals surface area contributed by atoms with E-state index in [1.807, 2.05) is 6.92 Å². The van der Waals surface area contributed by atoms with Crippen LogP contribution in [0.5, 0.6) is 0 Å². The van der Waals surface area contributed by atoms with Crippen LogP contribution < -0.4 is 5.32 Å². The number of fused-ring (bicyclic) bond motifs is 1. The molecule has 1 aromatic carbocycles. The average Bonchev–Trinajstić information content (AvgIpc) is 2.80. The fourth-order valence-electron chi connectivity index (χ4n) is 2.55. The quantitative estimate of drug-likeness (QED) is 0.702. The molecule has 1 N–H and O–H groups in total. The summed E-state index contributed by atoms with van der Waals surface area (Å²) in [5.74, 6) is 0.674. The van der Waals surface area contributed by atoms with Gasteiger partial charge in [-0.3, -0.25) is 0 Å². The molecule has 0 saturated carbocycles. The minimum absolute atomic E-state index is 0.105. The van der Waals surface area contributed by atoms with Gasteiger partial charge >= 0.3 is 0 Å². The van der Waals surface area contributed by atoms with E-state index >= 15 is 0 Å². The first-order valence-electron chi connectivity index (χ1n) is 7.65. The maximum atomic E-state index is 13.4. The third-order valence-corrected chi connectivity index (χ3v) is 3.89. The zero-order valence-electron chi connectivity index (χ0n) is 13.1. The van der Waals surface area contributed by atoms with Gasteiger partial charge < -0.3 is 9.73 Å². The lowest BCUT2D eigenvalue weighted by Crippen LogP contribution is -2.22. The molecule has 2 nitrogen and oxygen atoms in total. The summed E-state index contributed by atoms with van der Waals surface area (Å²) in [5, 5.41) is 4.38. The van der Waals surface area contributed by atoms with E-state index < -0.39 is 0 Å². The largest absolute Gasteiger partial charge is 0.459 e. The van der Waals surface area contributed by atoms with Gasteiger partial charge in [-0.15, -0.1) is 0 Å². The van der Waals surface area contributed by atoms with Gasteiger partial charge in [0.05, 0.1) is 6.04 Å². The Kier molecular flexibility index (Phi) is 5.18. The Labute approximate surface area is 126 Å². The van der Waals surface area contributed by atoms with Crippen molar-refractivity contribution in [1.82, 2.24) is 5.32 Å². The molecule has 0 saturated heterocycles. The summed E-state index contributed by atoms with van der Waals surface area (Å²) in [7, 11) is 0. The maximum absolute atomic E-state index is 13.4. The molecule has 114 valence electrons. The Hall–Kier alpha value is -1.61. The second-order valence-corrected chi connectivity index (χ2v) is 5.55. The molecule has 0 aliphatic heterocycles. The van der Waals surface area contributed by atoms with Gasteiger partial charge in [0.25, 0.3) is 0 Å². The van der Waals surface area contributed by atoms with Crippen molar-refractivity contribution < 1.29 is 8.81 Å². The van der Waals surface area contributed by atoms with Crippen molar-refractivity contribution in [2.75, 3.05) is 6.54 Å². The third-order valence-electron chi connectivity index (χ3n) is 3.89. The van der Waals surface area contributed by atoms with Gasteiger partial charge in [0.15, 0.2) is 0 Å². The first-order valence-corrected chi connectivity index (χ1v) is 7.65. The molecule has 0 radical (unpaired) electrons. The van der Waals surface area contributed by atoms with Crippen molar-refractivity contribution in [3.05, 3.63) is 47.5 Å². The van der Waals surface area contributed by atoms with Crippen molar-refractivity contribution >= 4 is 11.0 Å². The number of benzene rings is 1. The summed E-state index contributed by atoms with van der Waals surface area (Å²) in [6.07, 6.45) is 2.86. The monoisotopic (exact) mass is 289 g/mol. The fourth-order valence-corrected chi connectivity index (χ4v) is 2.55. The molecule has 1 unspecified atom stereocenters. The Morgan fingerprint density at radius 2 is 2.14 bits per heavy atom. The molecule has 2 aromatic rings. The summed E-state index contributed by atoms with van der Waals surface area (Å²) in [4.78, 5) is 0. The highest BCUT2D eigenvalue weighted by atomic mass is 19.1. The molecular weight excluding hydrogens is 265 g/mol. The minimum Gasteiger partial charge on any atom is -0.459 e. The molecule has 2 rings (SSSR count).